The van der Waals surface area contributed by atoms with E-state index in [1.54, 1.807) is 0 Å². The number of terminal acetylenes is 1. The standard InChI is InChI=1S/C35H31F3N8O3/c1-3-22-24(37)6-5-19-13-21(47)14-23(25(19)22)29-27(38)30-26-32(44-34(43-30)49-17-35-7-4-10-45(35)16-20(36)15-35)46(11-12-48-33(26)42-29)18(2)28-31(39)41-9-8-40-28/h1,5-6,8-9,13-14,18,20,47H,4,7,10-12,15-17H2,2H3,(H2,39,41)/t18?,20-,35+/m1/s1. The highest BCUT2D eigenvalue weighted by atomic mass is 19.1. The lowest BCUT2D eigenvalue weighted by molar-refractivity contribution is 0.107. The second kappa shape index (κ2) is 11.6. The van der Waals surface area contributed by atoms with Crippen LogP contribution in [0.5, 0.6) is 17.6 Å². The number of halogens is 3. The first kappa shape index (κ1) is 30.9. The summed E-state index contributed by atoms with van der Waals surface area (Å²) in [6.45, 7) is 3.43. The smallest absolute Gasteiger partial charge is 0.319 e. The van der Waals surface area contributed by atoms with Gasteiger partial charge in [-0.05, 0) is 49.9 Å². The molecule has 0 aliphatic carbocycles. The number of phenolic OH excluding ortho intramolecular Hbond substituents is 1. The summed E-state index contributed by atoms with van der Waals surface area (Å²) >= 11 is 0. The largest absolute Gasteiger partial charge is 0.508 e. The van der Waals surface area contributed by atoms with Crippen molar-refractivity contribution in [2.24, 2.45) is 0 Å². The van der Waals surface area contributed by atoms with Gasteiger partial charge in [0.15, 0.2) is 5.82 Å². The Hall–Kier alpha value is -5.42. The first-order chi connectivity index (χ1) is 23.7. The van der Waals surface area contributed by atoms with Crippen LogP contribution in [0.2, 0.25) is 0 Å². The first-order valence-corrected chi connectivity index (χ1v) is 16.0. The molecular formula is C35H31F3N8O3. The Morgan fingerprint density at radius 1 is 1.16 bits per heavy atom. The second-order valence-corrected chi connectivity index (χ2v) is 12.7. The first-order valence-electron chi connectivity index (χ1n) is 16.0. The molecule has 3 aromatic heterocycles. The molecule has 250 valence electrons. The van der Waals surface area contributed by atoms with Crippen LogP contribution >= 0.6 is 0 Å². The predicted molar refractivity (Wildman–Crippen MR) is 176 cm³/mol. The van der Waals surface area contributed by atoms with E-state index in [-0.39, 0.29) is 82.1 Å². The lowest BCUT2D eigenvalue weighted by Gasteiger charge is -2.31. The quantitative estimate of drug-likeness (QED) is 0.234. The number of phenols is 1. The van der Waals surface area contributed by atoms with Crippen molar-refractivity contribution in [3.8, 4) is 41.2 Å². The van der Waals surface area contributed by atoms with Crippen LogP contribution in [0.25, 0.3) is 32.9 Å². The summed E-state index contributed by atoms with van der Waals surface area (Å²) in [6.07, 6.45) is 9.74. The molecule has 0 amide bonds. The number of benzene rings is 2. The summed E-state index contributed by atoms with van der Waals surface area (Å²) in [4.78, 5) is 26.5. The normalized spacial score (nSPS) is 21.0. The number of pyridine rings is 1. The number of anilines is 2. The van der Waals surface area contributed by atoms with Crippen molar-refractivity contribution in [1.29, 1.82) is 0 Å². The number of ether oxygens (including phenoxy) is 2. The van der Waals surface area contributed by atoms with Gasteiger partial charge < -0.3 is 25.2 Å². The highest BCUT2D eigenvalue weighted by molar-refractivity contribution is 6.04. The zero-order chi connectivity index (χ0) is 34.0. The maximum Gasteiger partial charge on any atom is 0.319 e. The molecule has 0 saturated carbocycles. The molecule has 0 bridgehead atoms. The van der Waals surface area contributed by atoms with E-state index in [1.807, 2.05) is 11.8 Å². The van der Waals surface area contributed by atoms with Crippen LogP contribution in [0.3, 0.4) is 0 Å². The molecule has 2 saturated heterocycles. The average molecular weight is 669 g/mol. The van der Waals surface area contributed by atoms with Gasteiger partial charge in [0.2, 0.25) is 5.88 Å². The molecule has 2 fully saturated rings. The van der Waals surface area contributed by atoms with E-state index in [4.69, 9.17) is 26.6 Å². The minimum Gasteiger partial charge on any atom is -0.508 e. The van der Waals surface area contributed by atoms with E-state index < -0.39 is 29.4 Å². The number of hydrogen-bond acceptors (Lipinski definition) is 11. The number of aromatic nitrogens is 5. The van der Waals surface area contributed by atoms with Crippen molar-refractivity contribution in [1.82, 2.24) is 29.8 Å². The van der Waals surface area contributed by atoms with E-state index in [0.717, 1.165) is 19.4 Å². The van der Waals surface area contributed by atoms with Crippen LogP contribution in [0.1, 0.15) is 43.5 Å². The molecule has 3 atom stereocenters. The monoisotopic (exact) mass is 668 g/mol. The fourth-order valence-corrected chi connectivity index (χ4v) is 7.61. The molecular weight excluding hydrogens is 637 g/mol. The lowest BCUT2D eigenvalue weighted by Crippen LogP contribution is -2.43. The predicted octanol–water partition coefficient (Wildman–Crippen LogP) is 5.10. The van der Waals surface area contributed by atoms with E-state index >= 15 is 4.39 Å². The Balaban J connectivity index is 1.34. The number of nitrogen functional groups attached to an aromatic ring is 1. The van der Waals surface area contributed by atoms with Gasteiger partial charge in [0.05, 0.1) is 23.7 Å². The van der Waals surface area contributed by atoms with Crippen LogP contribution < -0.4 is 20.1 Å². The molecule has 3 aliphatic rings. The Labute approximate surface area is 278 Å². The molecule has 49 heavy (non-hydrogen) atoms. The summed E-state index contributed by atoms with van der Waals surface area (Å²) in [5.74, 6) is 1.06. The van der Waals surface area contributed by atoms with Gasteiger partial charge in [-0.3, -0.25) is 9.88 Å². The molecule has 6 heterocycles. The summed E-state index contributed by atoms with van der Waals surface area (Å²) in [5.41, 5.74) is 5.65. The molecule has 8 rings (SSSR count). The Morgan fingerprint density at radius 2 is 2.00 bits per heavy atom. The third kappa shape index (κ3) is 4.99. The topological polar surface area (TPSA) is 136 Å². The lowest BCUT2D eigenvalue weighted by atomic mass is 9.95. The Morgan fingerprint density at radius 3 is 2.82 bits per heavy atom. The average Bonchev–Trinajstić information content (AvgIpc) is 3.55. The molecule has 3 N–H and O–H groups in total. The minimum absolute atomic E-state index is 0.0153. The minimum atomic E-state index is -0.972. The summed E-state index contributed by atoms with van der Waals surface area (Å²) < 4.78 is 59.0. The second-order valence-electron chi connectivity index (χ2n) is 12.7. The fourth-order valence-electron chi connectivity index (χ4n) is 7.61. The molecule has 11 nitrogen and oxygen atoms in total. The van der Waals surface area contributed by atoms with Gasteiger partial charge in [-0.15, -0.1) is 6.42 Å². The Bertz CT molecular complexity index is 2200. The zero-order valence-electron chi connectivity index (χ0n) is 26.5. The third-order valence-corrected chi connectivity index (χ3v) is 9.86. The van der Waals surface area contributed by atoms with Gasteiger partial charge in [-0.1, -0.05) is 12.0 Å². The van der Waals surface area contributed by atoms with Gasteiger partial charge in [-0.2, -0.15) is 9.97 Å². The van der Waals surface area contributed by atoms with Crippen LogP contribution in [0, 0.1) is 24.0 Å². The van der Waals surface area contributed by atoms with Crippen LogP contribution in [0.4, 0.5) is 24.8 Å². The van der Waals surface area contributed by atoms with E-state index in [1.165, 1.54) is 36.7 Å². The summed E-state index contributed by atoms with van der Waals surface area (Å²) in [7, 11) is 0. The third-order valence-electron chi connectivity index (χ3n) is 9.86. The molecule has 5 aromatic rings. The van der Waals surface area contributed by atoms with Crippen molar-refractivity contribution in [2.45, 2.75) is 43.9 Å². The van der Waals surface area contributed by atoms with Gasteiger partial charge in [0, 0.05) is 36.3 Å². The number of rotatable bonds is 6. The van der Waals surface area contributed by atoms with Crippen molar-refractivity contribution < 1.29 is 27.8 Å². The van der Waals surface area contributed by atoms with Crippen LogP contribution in [-0.2, 0) is 0 Å². The molecule has 1 unspecified atom stereocenters. The highest BCUT2D eigenvalue weighted by Crippen LogP contribution is 2.45. The SMILES string of the molecule is C#Cc1c(F)ccc2cc(O)cc(-c3nc4c5c(nc(OC[C@@]67CCCN6C[C@H](F)C7)nc5c3F)N(C(C)c3nccnc3N)CCO4)c12. The van der Waals surface area contributed by atoms with Crippen molar-refractivity contribution in [3.63, 3.8) is 0 Å². The molecule has 2 aromatic carbocycles. The van der Waals surface area contributed by atoms with Crippen molar-refractivity contribution in [3.05, 3.63) is 59.6 Å². The van der Waals surface area contributed by atoms with E-state index in [9.17, 15) is 13.9 Å². The number of aromatic hydroxyl groups is 1. The van der Waals surface area contributed by atoms with Gasteiger partial charge in [0.25, 0.3) is 0 Å². The number of nitrogens with two attached hydrogens (primary N) is 1. The van der Waals surface area contributed by atoms with Crippen LogP contribution in [-0.4, -0.2) is 79.5 Å². The van der Waals surface area contributed by atoms with Gasteiger partial charge in [0.1, 0.15) is 64.9 Å². The number of alkyl halides is 1. The zero-order valence-corrected chi connectivity index (χ0v) is 26.5. The maximum absolute atomic E-state index is 17.1. The number of nitrogens with zero attached hydrogens (tertiary/aromatic N) is 7. The molecule has 3 aliphatic heterocycles. The maximum atomic E-state index is 17.1. The van der Waals surface area contributed by atoms with E-state index in [0.29, 0.717) is 24.0 Å². The number of hydrogen-bond donors (Lipinski definition) is 2. The van der Waals surface area contributed by atoms with Crippen LogP contribution in [0.15, 0.2) is 36.7 Å². The highest BCUT2D eigenvalue weighted by Gasteiger charge is 2.49. The van der Waals surface area contributed by atoms with Crippen molar-refractivity contribution in [2.75, 3.05) is 43.5 Å². The van der Waals surface area contributed by atoms with E-state index in [2.05, 4.69) is 30.8 Å². The van der Waals surface area contributed by atoms with Gasteiger partial charge in [-0.25, -0.2) is 23.1 Å². The van der Waals surface area contributed by atoms with Gasteiger partial charge >= 0.3 is 6.01 Å². The molecule has 0 spiro atoms. The fraction of sp³-hybridized carbons (Fsp3) is 0.343. The summed E-state index contributed by atoms with van der Waals surface area (Å²) in [6, 6.07) is 4.68. The molecule has 0 radical (unpaired) electrons. The Kier molecular flexibility index (Phi) is 7.33. The molecule has 14 heteroatoms. The van der Waals surface area contributed by atoms with Crippen molar-refractivity contribution >= 4 is 33.3 Å². The summed E-state index contributed by atoms with van der Waals surface area (Å²) in [5, 5.41) is 11.4. The number of fused-ring (bicyclic) bond motifs is 2.